The minimum absolute atomic E-state index is 0.0473. The zero-order valence-electron chi connectivity index (χ0n) is 17.9. The molecule has 7 heteroatoms. The maximum atomic E-state index is 12.9. The van der Waals surface area contributed by atoms with E-state index in [2.05, 4.69) is 52.1 Å². The molecule has 1 heterocycles. The number of sulfonamides is 1. The number of nitrogens with one attached hydrogen (secondary N) is 1. The summed E-state index contributed by atoms with van der Waals surface area (Å²) in [7, 11) is -3.50. The molecule has 1 amide bonds. The molecule has 2 aliphatic rings. The highest BCUT2D eigenvalue weighted by Crippen LogP contribution is 2.23. The van der Waals surface area contributed by atoms with Crippen molar-refractivity contribution in [1.82, 2.24) is 14.5 Å². The van der Waals surface area contributed by atoms with E-state index in [0.29, 0.717) is 18.7 Å². The summed E-state index contributed by atoms with van der Waals surface area (Å²) in [5.74, 6) is -0.0473. The van der Waals surface area contributed by atoms with Crippen molar-refractivity contribution in [3.05, 3.63) is 77.9 Å². The van der Waals surface area contributed by atoms with Crippen LogP contribution in [0.15, 0.2) is 71.6 Å². The first-order valence-electron chi connectivity index (χ1n) is 11.1. The lowest BCUT2D eigenvalue weighted by atomic mass is 10.0. The van der Waals surface area contributed by atoms with Crippen LogP contribution < -0.4 is 4.72 Å². The molecule has 1 saturated carbocycles. The molecule has 1 aliphatic carbocycles. The number of hydrogen-bond donors (Lipinski definition) is 1. The van der Waals surface area contributed by atoms with Crippen LogP contribution in [0.5, 0.6) is 0 Å². The Morgan fingerprint density at radius 3 is 2.28 bits per heavy atom. The van der Waals surface area contributed by atoms with Crippen LogP contribution in [0.4, 0.5) is 0 Å². The predicted octanol–water partition coefficient (Wildman–Crippen LogP) is 3.24. The standard InChI is InChI=1S/C25H27N3O3S/c29-25(20-8-12-23(13-9-20)32(30,31)26-22-10-11-22)28-16-14-27(15-17-28)18-21-6-3-5-19-4-1-2-7-24(19)21/h1-9,12-13,22,26H,10-11,14-18H2. The molecule has 3 aromatic carbocycles. The molecule has 2 fully saturated rings. The molecule has 0 radical (unpaired) electrons. The Hall–Kier alpha value is -2.74. The first-order chi connectivity index (χ1) is 15.5. The molecule has 3 aromatic rings. The van der Waals surface area contributed by atoms with Crippen molar-refractivity contribution in [2.45, 2.75) is 30.3 Å². The van der Waals surface area contributed by atoms with Gasteiger partial charge in [-0.25, -0.2) is 13.1 Å². The molecule has 0 unspecified atom stereocenters. The quantitative estimate of drug-likeness (QED) is 0.627. The van der Waals surface area contributed by atoms with Gasteiger partial charge >= 0.3 is 0 Å². The molecule has 166 valence electrons. The summed E-state index contributed by atoms with van der Waals surface area (Å²) in [6, 6.07) is 21.2. The molecule has 0 spiro atoms. The Bertz CT molecular complexity index is 1220. The minimum atomic E-state index is -3.50. The number of hydrogen-bond acceptors (Lipinski definition) is 4. The van der Waals surface area contributed by atoms with Gasteiger partial charge in [-0.15, -0.1) is 0 Å². The van der Waals surface area contributed by atoms with Crippen LogP contribution in [0.25, 0.3) is 10.8 Å². The van der Waals surface area contributed by atoms with Crippen LogP contribution >= 0.6 is 0 Å². The Kier molecular flexibility index (Phi) is 5.71. The SMILES string of the molecule is O=C(c1ccc(S(=O)(=O)NC2CC2)cc1)N1CCN(Cc2cccc3ccccc23)CC1. The van der Waals surface area contributed by atoms with Gasteiger partial charge in [0, 0.05) is 44.3 Å². The summed E-state index contributed by atoms with van der Waals surface area (Å²) in [4.78, 5) is 17.4. The van der Waals surface area contributed by atoms with Gasteiger partial charge < -0.3 is 4.90 Å². The molecule has 0 bridgehead atoms. The summed E-state index contributed by atoms with van der Waals surface area (Å²) in [6.07, 6.45) is 1.78. The molecule has 1 N–H and O–H groups in total. The predicted molar refractivity (Wildman–Crippen MR) is 125 cm³/mol. The van der Waals surface area contributed by atoms with E-state index in [1.165, 1.54) is 28.5 Å². The number of carbonyl (C=O) groups is 1. The molecular formula is C25H27N3O3S. The topological polar surface area (TPSA) is 69.7 Å². The number of fused-ring (bicyclic) bond motifs is 1. The molecule has 0 aromatic heterocycles. The van der Waals surface area contributed by atoms with Crippen LogP contribution in [0.2, 0.25) is 0 Å². The molecule has 0 atom stereocenters. The smallest absolute Gasteiger partial charge is 0.253 e. The van der Waals surface area contributed by atoms with E-state index in [-0.39, 0.29) is 16.8 Å². The van der Waals surface area contributed by atoms with Crippen molar-refractivity contribution in [2.24, 2.45) is 0 Å². The van der Waals surface area contributed by atoms with E-state index in [0.717, 1.165) is 32.5 Å². The van der Waals surface area contributed by atoms with Gasteiger partial charge in [-0.05, 0) is 53.4 Å². The van der Waals surface area contributed by atoms with Gasteiger partial charge in [0.1, 0.15) is 0 Å². The molecule has 5 rings (SSSR count). The second-order valence-corrected chi connectivity index (χ2v) is 10.3. The van der Waals surface area contributed by atoms with Gasteiger partial charge in [0.2, 0.25) is 10.0 Å². The van der Waals surface area contributed by atoms with Crippen LogP contribution in [0.3, 0.4) is 0 Å². The van der Waals surface area contributed by atoms with E-state index >= 15 is 0 Å². The van der Waals surface area contributed by atoms with Crippen molar-refractivity contribution in [2.75, 3.05) is 26.2 Å². The van der Waals surface area contributed by atoms with Gasteiger partial charge in [-0.3, -0.25) is 9.69 Å². The fourth-order valence-electron chi connectivity index (χ4n) is 4.23. The largest absolute Gasteiger partial charge is 0.336 e. The van der Waals surface area contributed by atoms with Gasteiger partial charge in [-0.2, -0.15) is 0 Å². The summed E-state index contributed by atoms with van der Waals surface area (Å²) in [5.41, 5.74) is 1.83. The van der Waals surface area contributed by atoms with Gasteiger partial charge in [0.25, 0.3) is 5.91 Å². The first-order valence-corrected chi connectivity index (χ1v) is 12.6. The van der Waals surface area contributed by atoms with E-state index in [4.69, 9.17) is 0 Å². The van der Waals surface area contributed by atoms with Crippen LogP contribution in [-0.4, -0.2) is 56.3 Å². The third kappa shape index (κ3) is 4.55. The van der Waals surface area contributed by atoms with Crippen molar-refractivity contribution < 1.29 is 13.2 Å². The zero-order chi connectivity index (χ0) is 22.1. The number of carbonyl (C=O) groups excluding carboxylic acids is 1. The average molecular weight is 450 g/mol. The first kappa shape index (κ1) is 21.1. The molecule has 6 nitrogen and oxygen atoms in total. The summed E-state index contributed by atoms with van der Waals surface area (Å²) in [6.45, 7) is 3.81. The number of piperazine rings is 1. The maximum Gasteiger partial charge on any atom is 0.253 e. The second kappa shape index (κ2) is 8.65. The normalized spacial score (nSPS) is 17.6. The number of rotatable bonds is 6. The van der Waals surface area contributed by atoms with Gasteiger partial charge in [-0.1, -0.05) is 42.5 Å². The summed E-state index contributed by atoms with van der Waals surface area (Å²) in [5, 5.41) is 2.52. The number of nitrogens with zero attached hydrogens (tertiary/aromatic N) is 2. The maximum absolute atomic E-state index is 12.9. The van der Waals surface area contributed by atoms with Crippen LogP contribution in [0.1, 0.15) is 28.8 Å². The lowest BCUT2D eigenvalue weighted by Crippen LogP contribution is -2.48. The lowest BCUT2D eigenvalue weighted by molar-refractivity contribution is 0.0629. The van der Waals surface area contributed by atoms with E-state index in [9.17, 15) is 13.2 Å². The van der Waals surface area contributed by atoms with Gasteiger partial charge in [0.15, 0.2) is 0 Å². The number of benzene rings is 3. The van der Waals surface area contributed by atoms with E-state index < -0.39 is 10.0 Å². The van der Waals surface area contributed by atoms with E-state index in [1.54, 1.807) is 12.1 Å². The van der Waals surface area contributed by atoms with Crippen molar-refractivity contribution in [3.8, 4) is 0 Å². The van der Waals surface area contributed by atoms with Crippen LogP contribution in [-0.2, 0) is 16.6 Å². The Labute approximate surface area is 188 Å². The highest BCUT2D eigenvalue weighted by molar-refractivity contribution is 7.89. The van der Waals surface area contributed by atoms with Crippen molar-refractivity contribution >= 4 is 26.7 Å². The molecular weight excluding hydrogens is 422 g/mol. The van der Waals surface area contributed by atoms with E-state index in [1.807, 2.05) is 4.90 Å². The third-order valence-electron chi connectivity index (χ3n) is 6.24. The zero-order valence-corrected chi connectivity index (χ0v) is 18.7. The molecule has 1 saturated heterocycles. The Morgan fingerprint density at radius 1 is 0.875 bits per heavy atom. The third-order valence-corrected chi connectivity index (χ3v) is 7.78. The van der Waals surface area contributed by atoms with Crippen molar-refractivity contribution in [1.29, 1.82) is 0 Å². The monoisotopic (exact) mass is 449 g/mol. The van der Waals surface area contributed by atoms with Crippen molar-refractivity contribution in [3.63, 3.8) is 0 Å². The Balaban J connectivity index is 1.20. The summed E-state index contributed by atoms with van der Waals surface area (Å²) < 4.78 is 27.3. The fraction of sp³-hybridized carbons (Fsp3) is 0.320. The minimum Gasteiger partial charge on any atom is -0.336 e. The molecule has 32 heavy (non-hydrogen) atoms. The fourth-order valence-corrected chi connectivity index (χ4v) is 5.53. The lowest BCUT2D eigenvalue weighted by Gasteiger charge is -2.35. The number of amides is 1. The average Bonchev–Trinajstić information content (AvgIpc) is 3.63. The second-order valence-electron chi connectivity index (χ2n) is 8.63. The van der Waals surface area contributed by atoms with Gasteiger partial charge in [0.05, 0.1) is 4.90 Å². The van der Waals surface area contributed by atoms with Crippen LogP contribution in [0, 0.1) is 0 Å². The molecule has 1 aliphatic heterocycles. The highest BCUT2D eigenvalue weighted by Gasteiger charge is 2.28. The Morgan fingerprint density at radius 2 is 1.56 bits per heavy atom. The summed E-state index contributed by atoms with van der Waals surface area (Å²) >= 11 is 0. The highest BCUT2D eigenvalue weighted by atomic mass is 32.2.